The van der Waals surface area contributed by atoms with Crippen LogP contribution in [-0.2, 0) is 0 Å². The third-order valence-corrected chi connectivity index (χ3v) is 3.92. The van der Waals surface area contributed by atoms with Crippen molar-refractivity contribution >= 4 is 16.8 Å². The molecule has 0 bridgehead atoms. The van der Waals surface area contributed by atoms with Gasteiger partial charge in [-0.1, -0.05) is 0 Å². The summed E-state index contributed by atoms with van der Waals surface area (Å²) in [7, 11) is 0. The Morgan fingerprint density at radius 2 is 2.00 bits per heavy atom. The molecule has 0 saturated heterocycles. The van der Waals surface area contributed by atoms with Crippen molar-refractivity contribution in [1.29, 1.82) is 0 Å². The topological polar surface area (TPSA) is 90.4 Å². The van der Waals surface area contributed by atoms with Crippen molar-refractivity contribution in [2.75, 3.05) is 0 Å². The molecule has 1 heterocycles. The number of rotatable bonds is 4. The van der Waals surface area contributed by atoms with Crippen LogP contribution in [0.25, 0.3) is 10.9 Å². The second-order valence-electron chi connectivity index (χ2n) is 5.69. The summed E-state index contributed by atoms with van der Waals surface area (Å²) in [6, 6.07) is 10.2. The lowest BCUT2D eigenvalue weighted by molar-refractivity contribution is 0.0998. The zero-order valence-electron chi connectivity index (χ0n) is 12.3. The van der Waals surface area contributed by atoms with Crippen molar-refractivity contribution in [3.63, 3.8) is 0 Å². The van der Waals surface area contributed by atoms with Crippen LogP contribution in [0.4, 0.5) is 0 Å². The number of benzene rings is 2. The number of fused-ring (bicyclic) bond motifs is 1. The second kappa shape index (κ2) is 5.01. The van der Waals surface area contributed by atoms with Gasteiger partial charge < -0.3 is 15.6 Å². The molecular weight excluding hydrogens is 294 g/mol. The Bertz CT molecular complexity index is 895. The van der Waals surface area contributed by atoms with Gasteiger partial charge in [0.25, 0.3) is 5.91 Å². The van der Waals surface area contributed by atoms with E-state index in [1.807, 2.05) is 4.68 Å². The van der Waals surface area contributed by atoms with E-state index in [9.17, 15) is 9.90 Å². The first-order chi connectivity index (χ1) is 11.1. The normalized spacial score (nSPS) is 14.1. The maximum atomic E-state index is 11.7. The maximum Gasteiger partial charge on any atom is 0.252 e. The smallest absolute Gasteiger partial charge is 0.252 e. The molecule has 1 fully saturated rings. The van der Waals surface area contributed by atoms with Crippen molar-refractivity contribution in [3.8, 4) is 17.2 Å². The highest BCUT2D eigenvalue weighted by Crippen LogP contribution is 2.38. The van der Waals surface area contributed by atoms with Crippen molar-refractivity contribution < 1.29 is 14.6 Å². The second-order valence-corrected chi connectivity index (χ2v) is 5.69. The molecular formula is C17H15N3O3. The molecule has 1 aliphatic rings. The Labute approximate surface area is 132 Å². The van der Waals surface area contributed by atoms with Gasteiger partial charge in [-0.25, -0.2) is 0 Å². The number of nitrogens with two attached hydrogens (primary N) is 1. The first-order valence-electron chi connectivity index (χ1n) is 7.40. The lowest BCUT2D eigenvalue weighted by atomic mass is 10.1. The minimum atomic E-state index is -0.556. The number of phenolic OH excluding ortho intramolecular Hbond substituents is 1. The number of phenols is 1. The molecule has 116 valence electrons. The number of nitrogens with zero attached hydrogens (tertiary/aromatic N) is 2. The van der Waals surface area contributed by atoms with Crippen LogP contribution in [0, 0.1) is 0 Å². The molecule has 23 heavy (non-hydrogen) atoms. The van der Waals surface area contributed by atoms with E-state index in [-0.39, 0.29) is 5.75 Å². The van der Waals surface area contributed by atoms with Gasteiger partial charge in [0.15, 0.2) is 0 Å². The lowest BCUT2D eigenvalue weighted by Gasteiger charge is -2.11. The Morgan fingerprint density at radius 3 is 2.65 bits per heavy atom. The van der Waals surface area contributed by atoms with E-state index in [1.165, 1.54) is 12.1 Å². The number of aromatic hydroxyl groups is 1. The van der Waals surface area contributed by atoms with E-state index in [0.29, 0.717) is 23.1 Å². The summed E-state index contributed by atoms with van der Waals surface area (Å²) in [4.78, 5) is 11.7. The monoisotopic (exact) mass is 309 g/mol. The zero-order chi connectivity index (χ0) is 16.0. The molecule has 0 atom stereocenters. The number of carbonyl (C=O) groups is 1. The lowest BCUT2D eigenvalue weighted by Crippen LogP contribution is -2.12. The largest absolute Gasteiger partial charge is 0.508 e. The highest BCUT2D eigenvalue weighted by atomic mass is 16.5. The third-order valence-electron chi connectivity index (χ3n) is 3.92. The molecule has 6 heteroatoms. The van der Waals surface area contributed by atoms with Crippen LogP contribution in [-0.4, -0.2) is 20.8 Å². The Hall–Kier alpha value is -3.02. The summed E-state index contributed by atoms with van der Waals surface area (Å²) in [5, 5.41) is 14.6. The molecule has 1 amide bonds. The fourth-order valence-corrected chi connectivity index (χ4v) is 2.60. The zero-order valence-corrected chi connectivity index (χ0v) is 12.3. The molecule has 1 saturated carbocycles. The average Bonchev–Trinajstić information content (AvgIpc) is 3.29. The summed E-state index contributed by atoms with van der Waals surface area (Å²) in [6.07, 6.45) is 3.97. The van der Waals surface area contributed by atoms with Crippen LogP contribution >= 0.6 is 0 Å². The van der Waals surface area contributed by atoms with Crippen LogP contribution in [0.15, 0.2) is 42.6 Å². The van der Waals surface area contributed by atoms with Crippen LogP contribution < -0.4 is 10.5 Å². The van der Waals surface area contributed by atoms with E-state index in [2.05, 4.69) is 5.10 Å². The minimum Gasteiger partial charge on any atom is -0.508 e. The standard InChI is InChI=1S/C17H15N3O3/c18-17(22)14-7-10-9-19-20(11-1-2-11)15(10)8-16(14)23-13-5-3-12(21)4-6-13/h3-9,11,21H,1-2H2,(H2,18,22). The molecule has 1 aromatic heterocycles. The van der Waals surface area contributed by atoms with Gasteiger partial charge in [-0.3, -0.25) is 9.48 Å². The quantitative estimate of drug-likeness (QED) is 0.775. The SMILES string of the molecule is NC(=O)c1cc2cnn(C3CC3)c2cc1Oc1ccc(O)cc1. The first kappa shape index (κ1) is 13.6. The molecule has 0 radical (unpaired) electrons. The number of hydrogen-bond donors (Lipinski definition) is 2. The van der Waals surface area contributed by atoms with Crippen LogP contribution in [0.3, 0.4) is 0 Å². The molecule has 0 spiro atoms. The average molecular weight is 309 g/mol. The summed E-state index contributed by atoms with van der Waals surface area (Å²) < 4.78 is 7.77. The van der Waals surface area contributed by atoms with Crippen molar-refractivity contribution in [1.82, 2.24) is 9.78 Å². The first-order valence-corrected chi connectivity index (χ1v) is 7.40. The molecule has 0 unspecified atom stereocenters. The Morgan fingerprint density at radius 1 is 1.26 bits per heavy atom. The highest BCUT2D eigenvalue weighted by molar-refractivity contribution is 6.00. The predicted molar refractivity (Wildman–Crippen MR) is 84.7 cm³/mol. The fourth-order valence-electron chi connectivity index (χ4n) is 2.60. The number of primary amides is 1. The van der Waals surface area contributed by atoms with Gasteiger partial charge in [0.05, 0.1) is 23.3 Å². The van der Waals surface area contributed by atoms with Crippen LogP contribution in [0.5, 0.6) is 17.2 Å². The van der Waals surface area contributed by atoms with Gasteiger partial charge in [-0.2, -0.15) is 5.10 Å². The third kappa shape index (κ3) is 2.48. The van der Waals surface area contributed by atoms with Gasteiger partial charge in [0, 0.05) is 11.5 Å². The predicted octanol–water partition coefficient (Wildman–Crippen LogP) is 2.97. The number of amides is 1. The molecule has 3 aromatic rings. The van der Waals surface area contributed by atoms with Gasteiger partial charge in [0.1, 0.15) is 17.2 Å². The van der Waals surface area contributed by atoms with Crippen molar-refractivity contribution in [2.45, 2.75) is 18.9 Å². The number of aromatic nitrogens is 2. The minimum absolute atomic E-state index is 0.148. The number of carbonyl (C=O) groups excluding carboxylic acids is 1. The van der Waals surface area contributed by atoms with Crippen LogP contribution in [0.2, 0.25) is 0 Å². The summed E-state index contributed by atoms with van der Waals surface area (Å²) in [5.41, 5.74) is 6.71. The van der Waals surface area contributed by atoms with Gasteiger partial charge >= 0.3 is 0 Å². The fraction of sp³-hybridized carbons (Fsp3) is 0.176. The maximum absolute atomic E-state index is 11.7. The summed E-state index contributed by atoms with van der Waals surface area (Å²) >= 11 is 0. The van der Waals surface area contributed by atoms with Gasteiger partial charge in [-0.05, 0) is 43.2 Å². The van der Waals surface area contributed by atoms with E-state index in [1.54, 1.807) is 30.5 Å². The van der Waals surface area contributed by atoms with E-state index < -0.39 is 5.91 Å². The molecule has 2 aromatic carbocycles. The van der Waals surface area contributed by atoms with Crippen molar-refractivity contribution in [3.05, 3.63) is 48.2 Å². The molecule has 4 rings (SSSR count). The van der Waals surface area contributed by atoms with Crippen LogP contribution in [0.1, 0.15) is 29.2 Å². The Kier molecular flexibility index (Phi) is 2.97. The van der Waals surface area contributed by atoms with Gasteiger partial charge in [0.2, 0.25) is 0 Å². The van der Waals surface area contributed by atoms with E-state index >= 15 is 0 Å². The van der Waals surface area contributed by atoms with Crippen molar-refractivity contribution in [2.24, 2.45) is 5.73 Å². The van der Waals surface area contributed by atoms with E-state index in [0.717, 1.165) is 23.7 Å². The van der Waals surface area contributed by atoms with Gasteiger partial charge in [-0.15, -0.1) is 0 Å². The molecule has 0 aliphatic heterocycles. The Balaban J connectivity index is 1.81. The van der Waals surface area contributed by atoms with E-state index in [4.69, 9.17) is 10.5 Å². The number of ether oxygens (including phenoxy) is 1. The summed E-state index contributed by atoms with van der Waals surface area (Å²) in [5.74, 6) is 0.495. The number of hydrogen-bond acceptors (Lipinski definition) is 4. The summed E-state index contributed by atoms with van der Waals surface area (Å²) in [6.45, 7) is 0. The molecule has 1 aliphatic carbocycles. The molecule has 3 N–H and O–H groups in total. The highest BCUT2D eigenvalue weighted by Gasteiger charge is 2.26. The molecule has 6 nitrogen and oxygen atoms in total.